The van der Waals surface area contributed by atoms with Crippen molar-refractivity contribution in [2.24, 2.45) is 0 Å². The summed E-state index contributed by atoms with van der Waals surface area (Å²) in [4.78, 5) is 24.7. The maximum absolute atomic E-state index is 13.6. The van der Waals surface area contributed by atoms with Gasteiger partial charge in [0.05, 0.1) is 0 Å². The SMILES string of the molecule is CN(C(=O)NC(=O)c1c(F)cccc1F)c1ccc(SC(F)(F)C(F)F)cc1. The van der Waals surface area contributed by atoms with Gasteiger partial charge in [0, 0.05) is 17.6 Å². The number of benzene rings is 2. The maximum Gasteiger partial charge on any atom is 0.357 e. The zero-order valence-electron chi connectivity index (χ0n) is 14.1. The molecule has 0 saturated carbocycles. The molecule has 0 atom stereocenters. The predicted molar refractivity (Wildman–Crippen MR) is 90.9 cm³/mol. The third kappa shape index (κ3) is 4.97. The van der Waals surface area contributed by atoms with Crippen LogP contribution in [0.5, 0.6) is 0 Å². The van der Waals surface area contributed by atoms with E-state index in [1.807, 2.05) is 0 Å². The molecule has 0 heterocycles. The van der Waals surface area contributed by atoms with Crippen molar-refractivity contribution < 1.29 is 35.9 Å². The number of alkyl halides is 4. The minimum absolute atomic E-state index is 0.115. The molecule has 0 aromatic heterocycles. The smallest absolute Gasteiger partial charge is 0.297 e. The summed E-state index contributed by atoms with van der Waals surface area (Å²) in [5.74, 6) is -3.63. The number of imide groups is 1. The van der Waals surface area contributed by atoms with Gasteiger partial charge in [0.25, 0.3) is 5.91 Å². The van der Waals surface area contributed by atoms with Gasteiger partial charge in [0.2, 0.25) is 0 Å². The lowest BCUT2D eigenvalue weighted by molar-refractivity contribution is -0.0563. The van der Waals surface area contributed by atoms with Gasteiger partial charge in [-0.05, 0) is 48.2 Å². The van der Waals surface area contributed by atoms with Crippen LogP contribution in [0.3, 0.4) is 0 Å². The van der Waals surface area contributed by atoms with Crippen LogP contribution < -0.4 is 10.2 Å². The van der Waals surface area contributed by atoms with E-state index in [4.69, 9.17) is 0 Å². The first-order valence-corrected chi connectivity index (χ1v) is 8.32. The molecule has 3 amide bonds. The van der Waals surface area contributed by atoms with Crippen LogP contribution in [-0.2, 0) is 0 Å². The fourth-order valence-corrected chi connectivity index (χ4v) is 2.69. The second-order valence-electron chi connectivity index (χ2n) is 5.37. The summed E-state index contributed by atoms with van der Waals surface area (Å²) in [7, 11) is 1.20. The van der Waals surface area contributed by atoms with Gasteiger partial charge >= 0.3 is 17.7 Å². The Bertz CT molecular complexity index is 856. The van der Waals surface area contributed by atoms with E-state index >= 15 is 0 Å². The van der Waals surface area contributed by atoms with Crippen LogP contribution in [0.15, 0.2) is 47.4 Å². The summed E-state index contributed by atoms with van der Waals surface area (Å²) in [6.45, 7) is 0. The Labute approximate surface area is 159 Å². The third-order valence-corrected chi connectivity index (χ3v) is 4.41. The number of rotatable bonds is 5. The van der Waals surface area contributed by atoms with Crippen molar-refractivity contribution in [2.45, 2.75) is 16.6 Å². The number of nitrogens with one attached hydrogen (secondary N) is 1. The third-order valence-electron chi connectivity index (χ3n) is 3.45. The van der Waals surface area contributed by atoms with Gasteiger partial charge in [-0.2, -0.15) is 8.78 Å². The van der Waals surface area contributed by atoms with Gasteiger partial charge in [0.1, 0.15) is 17.2 Å². The Morgan fingerprint density at radius 1 is 1.04 bits per heavy atom. The highest BCUT2D eigenvalue weighted by molar-refractivity contribution is 8.00. The first-order valence-electron chi connectivity index (χ1n) is 7.51. The number of halogens is 6. The summed E-state index contributed by atoms with van der Waals surface area (Å²) >= 11 is -0.346. The topological polar surface area (TPSA) is 49.4 Å². The van der Waals surface area contributed by atoms with Crippen LogP contribution in [0.1, 0.15) is 10.4 Å². The van der Waals surface area contributed by atoms with Gasteiger partial charge in [-0.15, -0.1) is 0 Å². The summed E-state index contributed by atoms with van der Waals surface area (Å²) in [6.07, 6.45) is -3.85. The van der Waals surface area contributed by atoms with Gasteiger partial charge in [-0.25, -0.2) is 22.4 Å². The number of anilines is 1. The van der Waals surface area contributed by atoms with Crippen LogP contribution in [-0.4, -0.2) is 30.7 Å². The van der Waals surface area contributed by atoms with E-state index < -0.39 is 40.8 Å². The Hall–Kier alpha value is -2.69. The van der Waals surface area contributed by atoms with Crippen LogP contribution in [0.4, 0.5) is 36.8 Å². The van der Waals surface area contributed by atoms with Crippen molar-refractivity contribution in [1.29, 1.82) is 0 Å². The van der Waals surface area contributed by atoms with Crippen molar-refractivity contribution in [3.8, 4) is 0 Å². The molecule has 0 saturated heterocycles. The molecule has 0 aliphatic rings. The Morgan fingerprint density at radius 2 is 1.57 bits per heavy atom. The van der Waals surface area contributed by atoms with Crippen LogP contribution in [0, 0.1) is 11.6 Å². The lowest BCUT2D eigenvalue weighted by Crippen LogP contribution is -2.41. The summed E-state index contributed by atoms with van der Waals surface area (Å²) in [5, 5.41) is -2.49. The van der Waals surface area contributed by atoms with E-state index in [0.717, 1.165) is 35.2 Å². The number of hydrogen-bond acceptors (Lipinski definition) is 3. The number of urea groups is 1. The highest BCUT2D eigenvalue weighted by Crippen LogP contribution is 2.40. The molecule has 2 aromatic carbocycles. The zero-order valence-corrected chi connectivity index (χ0v) is 14.9. The van der Waals surface area contributed by atoms with E-state index in [2.05, 4.69) is 0 Å². The Kier molecular flexibility index (Phi) is 6.60. The van der Waals surface area contributed by atoms with E-state index in [9.17, 15) is 35.9 Å². The standard InChI is InChI=1S/C17H12F6N2O2S/c1-25(9-5-7-10(8-6-9)28-17(22,23)15(20)21)16(27)24-14(26)13-11(18)3-2-4-12(13)19/h2-8,15H,1H3,(H,24,26,27). The number of thioether (sulfide) groups is 1. The predicted octanol–water partition coefficient (Wildman–Crippen LogP) is 4.90. The van der Waals surface area contributed by atoms with E-state index in [1.165, 1.54) is 19.2 Å². The lowest BCUT2D eigenvalue weighted by atomic mass is 10.2. The molecule has 28 heavy (non-hydrogen) atoms. The lowest BCUT2D eigenvalue weighted by Gasteiger charge is -2.19. The van der Waals surface area contributed by atoms with E-state index in [1.54, 1.807) is 5.32 Å². The minimum atomic E-state index is -4.28. The number of carbonyl (C=O) groups is 2. The molecule has 4 nitrogen and oxygen atoms in total. The fourth-order valence-electron chi connectivity index (χ4n) is 2.01. The van der Waals surface area contributed by atoms with Crippen molar-refractivity contribution >= 4 is 29.4 Å². The van der Waals surface area contributed by atoms with E-state index in [0.29, 0.717) is 0 Å². The number of nitrogens with zero attached hydrogens (tertiary/aromatic N) is 1. The average molecular weight is 422 g/mol. The molecule has 0 aliphatic heterocycles. The molecule has 1 N–H and O–H groups in total. The molecule has 150 valence electrons. The van der Waals surface area contributed by atoms with E-state index in [-0.39, 0.29) is 22.3 Å². The minimum Gasteiger partial charge on any atom is -0.297 e. The van der Waals surface area contributed by atoms with Crippen molar-refractivity contribution in [3.05, 3.63) is 59.7 Å². The average Bonchev–Trinajstić information content (AvgIpc) is 2.61. The molecule has 0 spiro atoms. The molecule has 2 aromatic rings. The molecule has 0 unspecified atom stereocenters. The summed E-state index contributed by atoms with van der Waals surface area (Å²) < 4.78 is 77.6. The van der Waals surface area contributed by atoms with Crippen LogP contribution >= 0.6 is 11.8 Å². The van der Waals surface area contributed by atoms with Gasteiger partial charge in [0.15, 0.2) is 0 Å². The number of amides is 3. The molecule has 11 heteroatoms. The molecule has 0 radical (unpaired) electrons. The van der Waals surface area contributed by atoms with Crippen molar-refractivity contribution in [2.75, 3.05) is 11.9 Å². The van der Waals surface area contributed by atoms with Crippen molar-refractivity contribution in [1.82, 2.24) is 5.32 Å². The summed E-state index contributed by atoms with van der Waals surface area (Å²) in [5.41, 5.74) is -0.825. The monoisotopic (exact) mass is 422 g/mol. The molecule has 0 bridgehead atoms. The second kappa shape index (κ2) is 8.55. The first kappa shape index (κ1) is 21.6. The highest BCUT2D eigenvalue weighted by atomic mass is 32.2. The fraction of sp³-hybridized carbons (Fsp3) is 0.176. The Morgan fingerprint density at radius 3 is 2.07 bits per heavy atom. The molecule has 2 rings (SSSR count). The number of hydrogen-bond donors (Lipinski definition) is 1. The Balaban J connectivity index is 2.08. The summed E-state index contributed by atoms with van der Waals surface area (Å²) in [6, 6.07) is 6.21. The second-order valence-corrected chi connectivity index (χ2v) is 6.59. The molecule has 0 aliphatic carbocycles. The molecular weight excluding hydrogens is 410 g/mol. The first-order chi connectivity index (χ1) is 13.0. The zero-order chi connectivity index (χ0) is 21.1. The quantitative estimate of drug-likeness (QED) is 0.551. The van der Waals surface area contributed by atoms with Crippen LogP contribution in [0.2, 0.25) is 0 Å². The molecule has 0 fully saturated rings. The normalized spacial score (nSPS) is 11.4. The molecular formula is C17H12F6N2O2S. The highest BCUT2D eigenvalue weighted by Gasteiger charge is 2.41. The number of carbonyl (C=O) groups excluding carboxylic acids is 2. The largest absolute Gasteiger partial charge is 0.357 e. The van der Waals surface area contributed by atoms with Gasteiger partial charge < -0.3 is 0 Å². The van der Waals surface area contributed by atoms with Gasteiger partial charge in [-0.1, -0.05) is 6.07 Å². The van der Waals surface area contributed by atoms with Gasteiger partial charge in [-0.3, -0.25) is 15.0 Å². The van der Waals surface area contributed by atoms with Crippen LogP contribution in [0.25, 0.3) is 0 Å². The maximum atomic E-state index is 13.6. The van der Waals surface area contributed by atoms with Crippen molar-refractivity contribution in [3.63, 3.8) is 0 Å².